The van der Waals surface area contributed by atoms with Gasteiger partial charge in [0.2, 0.25) is 0 Å². The Hall–Kier alpha value is -2.43. The van der Waals surface area contributed by atoms with Gasteiger partial charge in [0, 0.05) is 18.7 Å². The standard InChI is InChI=1S/C16H17F2N3/c1-2-21(15-6-4-3-5-14(15)18)10-11-7-12(16(19)20)9-13(17)8-11/h3-9H,2,10H2,1H3,(H3,19,20). The molecule has 0 heterocycles. The fourth-order valence-corrected chi connectivity index (χ4v) is 2.19. The molecule has 0 aromatic heterocycles. The molecule has 21 heavy (non-hydrogen) atoms. The molecule has 2 aromatic carbocycles. The van der Waals surface area contributed by atoms with E-state index in [1.54, 1.807) is 29.2 Å². The lowest BCUT2D eigenvalue weighted by atomic mass is 10.1. The molecule has 0 saturated heterocycles. The summed E-state index contributed by atoms with van der Waals surface area (Å²) in [5, 5.41) is 7.39. The summed E-state index contributed by atoms with van der Waals surface area (Å²) in [6.07, 6.45) is 0. The van der Waals surface area contributed by atoms with Crippen LogP contribution in [0.3, 0.4) is 0 Å². The number of nitrogens with one attached hydrogen (secondary N) is 1. The van der Waals surface area contributed by atoms with Crippen LogP contribution >= 0.6 is 0 Å². The summed E-state index contributed by atoms with van der Waals surface area (Å²) in [4.78, 5) is 1.80. The third-order valence-corrected chi connectivity index (χ3v) is 3.22. The van der Waals surface area contributed by atoms with Crippen LogP contribution in [0.1, 0.15) is 18.1 Å². The van der Waals surface area contributed by atoms with Gasteiger partial charge in [-0.2, -0.15) is 0 Å². The van der Waals surface area contributed by atoms with E-state index >= 15 is 0 Å². The first-order valence-electron chi connectivity index (χ1n) is 6.64. The quantitative estimate of drug-likeness (QED) is 0.655. The van der Waals surface area contributed by atoms with E-state index in [9.17, 15) is 8.78 Å². The summed E-state index contributed by atoms with van der Waals surface area (Å²) >= 11 is 0. The second kappa shape index (κ2) is 6.35. The molecule has 2 aromatic rings. The molecule has 110 valence electrons. The number of para-hydroxylation sites is 1. The third-order valence-electron chi connectivity index (χ3n) is 3.22. The smallest absolute Gasteiger partial charge is 0.146 e. The molecular formula is C16H17F2N3. The molecule has 0 saturated carbocycles. The maximum absolute atomic E-state index is 13.8. The van der Waals surface area contributed by atoms with Crippen molar-refractivity contribution in [3.63, 3.8) is 0 Å². The SMILES string of the molecule is CCN(Cc1cc(F)cc(C(=N)N)c1)c1ccccc1F. The van der Waals surface area contributed by atoms with Crippen molar-refractivity contribution in [2.24, 2.45) is 5.73 Å². The van der Waals surface area contributed by atoms with Crippen molar-refractivity contribution in [3.8, 4) is 0 Å². The van der Waals surface area contributed by atoms with Gasteiger partial charge < -0.3 is 10.6 Å². The number of benzene rings is 2. The lowest BCUT2D eigenvalue weighted by Gasteiger charge is -2.24. The van der Waals surface area contributed by atoms with E-state index in [4.69, 9.17) is 11.1 Å². The number of hydrogen-bond acceptors (Lipinski definition) is 2. The molecule has 0 radical (unpaired) electrons. The zero-order valence-electron chi connectivity index (χ0n) is 11.7. The highest BCUT2D eigenvalue weighted by Gasteiger charge is 2.11. The molecule has 0 fully saturated rings. The van der Waals surface area contributed by atoms with Gasteiger partial charge in [-0.3, -0.25) is 5.41 Å². The predicted octanol–water partition coefficient (Wildman–Crippen LogP) is 3.28. The first kappa shape index (κ1) is 15.0. The molecule has 3 nitrogen and oxygen atoms in total. The lowest BCUT2D eigenvalue weighted by Crippen LogP contribution is -2.23. The van der Waals surface area contributed by atoms with Crippen molar-refractivity contribution < 1.29 is 8.78 Å². The molecule has 0 aliphatic heterocycles. The van der Waals surface area contributed by atoms with Gasteiger partial charge in [0.25, 0.3) is 0 Å². The topological polar surface area (TPSA) is 53.1 Å². The molecule has 0 atom stereocenters. The maximum atomic E-state index is 13.8. The van der Waals surface area contributed by atoms with Crippen LogP contribution in [0.2, 0.25) is 0 Å². The van der Waals surface area contributed by atoms with Crippen LogP contribution in [0.5, 0.6) is 0 Å². The molecule has 3 N–H and O–H groups in total. The number of nitrogen functional groups attached to an aromatic ring is 1. The highest BCUT2D eigenvalue weighted by molar-refractivity contribution is 5.95. The minimum atomic E-state index is -0.456. The summed E-state index contributed by atoms with van der Waals surface area (Å²) in [6.45, 7) is 2.82. The van der Waals surface area contributed by atoms with Crippen molar-refractivity contribution >= 4 is 11.5 Å². The Morgan fingerprint density at radius 3 is 2.52 bits per heavy atom. The van der Waals surface area contributed by atoms with E-state index in [1.807, 2.05) is 6.92 Å². The first-order chi connectivity index (χ1) is 10.0. The molecule has 0 aliphatic rings. The van der Waals surface area contributed by atoms with E-state index in [0.29, 0.717) is 29.9 Å². The fraction of sp³-hybridized carbons (Fsp3) is 0.188. The summed E-state index contributed by atoms with van der Waals surface area (Å²) in [6, 6.07) is 10.7. The number of anilines is 1. The highest BCUT2D eigenvalue weighted by Crippen LogP contribution is 2.21. The van der Waals surface area contributed by atoms with Gasteiger partial charge in [-0.25, -0.2) is 8.78 Å². The zero-order valence-corrected chi connectivity index (χ0v) is 11.7. The van der Waals surface area contributed by atoms with Crippen molar-refractivity contribution in [2.45, 2.75) is 13.5 Å². The van der Waals surface area contributed by atoms with Crippen LogP contribution in [0.4, 0.5) is 14.5 Å². The number of amidine groups is 1. The van der Waals surface area contributed by atoms with Crippen LogP contribution < -0.4 is 10.6 Å². The molecule has 2 rings (SSSR count). The Balaban J connectivity index is 2.31. The number of rotatable bonds is 5. The van der Waals surface area contributed by atoms with Crippen LogP contribution in [-0.2, 0) is 6.54 Å². The summed E-state index contributed by atoms with van der Waals surface area (Å²) in [7, 11) is 0. The Bertz CT molecular complexity index is 656. The van der Waals surface area contributed by atoms with Gasteiger partial charge in [0.1, 0.15) is 17.5 Å². The van der Waals surface area contributed by atoms with E-state index in [0.717, 1.165) is 0 Å². The minimum Gasteiger partial charge on any atom is -0.384 e. The van der Waals surface area contributed by atoms with Crippen molar-refractivity contribution in [1.82, 2.24) is 0 Å². The van der Waals surface area contributed by atoms with Crippen LogP contribution in [0, 0.1) is 17.0 Å². The second-order valence-electron chi connectivity index (χ2n) is 4.73. The van der Waals surface area contributed by atoms with Crippen molar-refractivity contribution in [3.05, 3.63) is 65.2 Å². The average molecular weight is 289 g/mol. The van der Waals surface area contributed by atoms with Crippen molar-refractivity contribution in [2.75, 3.05) is 11.4 Å². The average Bonchev–Trinajstić information content (AvgIpc) is 2.45. The van der Waals surface area contributed by atoms with Gasteiger partial charge in [-0.05, 0) is 42.8 Å². The number of nitrogens with two attached hydrogens (primary N) is 1. The van der Waals surface area contributed by atoms with Gasteiger partial charge in [-0.15, -0.1) is 0 Å². The molecule has 0 amide bonds. The Morgan fingerprint density at radius 1 is 1.19 bits per heavy atom. The summed E-state index contributed by atoms with van der Waals surface area (Å²) < 4.78 is 27.4. The third kappa shape index (κ3) is 3.56. The molecule has 0 bridgehead atoms. The monoisotopic (exact) mass is 289 g/mol. The van der Waals surface area contributed by atoms with Crippen LogP contribution in [0.25, 0.3) is 0 Å². The predicted molar refractivity (Wildman–Crippen MR) is 80.5 cm³/mol. The van der Waals surface area contributed by atoms with Crippen LogP contribution in [0.15, 0.2) is 42.5 Å². The largest absolute Gasteiger partial charge is 0.384 e. The number of hydrogen-bond donors (Lipinski definition) is 2. The van der Waals surface area contributed by atoms with Gasteiger partial charge in [0.05, 0.1) is 5.69 Å². The fourth-order valence-electron chi connectivity index (χ4n) is 2.19. The van der Waals surface area contributed by atoms with E-state index in [-0.39, 0.29) is 11.7 Å². The second-order valence-corrected chi connectivity index (χ2v) is 4.73. The van der Waals surface area contributed by atoms with E-state index < -0.39 is 5.82 Å². The van der Waals surface area contributed by atoms with E-state index in [2.05, 4.69) is 0 Å². The maximum Gasteiger partial charge on any atom is 0.146 e. The molecular weight excluding hydrogens is 272 g/mol. The van der Waals surface area contributed by atoms with Crippen molar-refractivity contribution in [1.29, 1.82) is 5.41 Å². The summed E-state index contributed by atoms with van der Waals surface area (Å²) in [5.74, 6) is -0.963. The normalized spacial score (nSPS) is 10.4. The first-order valence-corrected chi connectivity index (χ1v) is 6.64. The summed E-state index contributed by atoms with van der Waals surface area (Å²) in [5.41, 5.74) is 6.83. The number of halogens is 2. The van der Waals surface area contributed by atoms with Gasteiger partial charge in [-0.1, -0.05) is 12.1 Å². The lowest BCUT2D eigenvalue weighted by molar-refractivity contribution is 0.614. The Labute approximate surface area is 122 Å². The van der Waals surface area contributed by atoms with Gasteiger partial charge in [0.15, 0.2) is 0 Å². The minimum absolute atomic E-state index is 0.190. The highest BCUT2D eigenvalue weighted by atomic mass is 19.1. The van der Waals surface area contributed by atoms with Gasteiger partial charge >= 0.3 is 0 Å². The Morgan fingerprint density at radius 2 is 1.90 bits per heavy atom. The zero-order chi connectivity index (χ0) is 15.4. The number of nitrogens with zero attached hydrogens (tertiary/aromatic N) is 1. The molecule has 0 spiro atoms. The Kier molecular flexibility index (Phi) is 4.52. The van der Waals surface area contributed by atoms with Crippen LogP contribution in [-0.4, -0.2) is 12.4 Å². The molecule has 5 heteroatoms. The van der Waals surface area contributed by atoms with E-state index in [1.165, 1.54) is 18.2 Å². The molecule has 0 unspecified atom stereocenters. The molecule has 0 aliphatic carbocycles.